The molecule has 10 rings (SSSR count). The first-order valence-corrected chi connectivity index (χ1v) is 18.2. The van der Waals surface area contributed by atoms with Gasteiger partial charge in [-0.15, -0.1) is 11.3 Å². The summed E-state index contributed by atoms with van der Waals surface area (Å²) in [5.41, 5.74) is 8.97. The normalized spacial score (nSPS) is 14.7. The lowest BCUT2D eigenvalue weighted by Gasteiger charge is -2.22. The molecule has 1 unspecified atom stereocenters. The van der Waals surface area contributed by atoms with Crippen LogP contribution in [0.4, 0.5) is 0 Å². The number of benzene rings is 6. The molecule has 0 saturated heterocycles. The lowest BCUT2D eigenvalue weighted by molar-refractivity contribution is 0.741. The van der Waals surface area contributed by atoms with Gasteiger partial charge in [-0.2, -0.15) is 0 Å². The van der Waals surface area contributed by atoms with Gasteiger partial charge in [-0.05, 0) is 53.8 Å². The smallest absolute Gasteiger partial charge is 0.164 e. The Balaban J connectivity index is 1.21. The van der Waals surface area contributed by atoms with Gasteiger partial charge >= 0.3 is 0 Å². The molecule has 51 heavy (non-hydrogen) atoms. The number of thiophene rings is 1. The highest BCUT2D eigenvalue weighted by Gasteiger charge is 2.24. The van der Waals surface area contributed by atoms with Crippen LogP contribution in [0.5, 0.6) is 0 Å². The predicted octanol–water partition coefficient (Wildman–Crippen LogP) is 12.3. The number of allylic oxidation sites excluding steroid dienone is 4. The summed E-state index contributed by atoms with van der Waals surface area (Å²) in [6.07, 6.45) is 5.40. The lowest BCUT2D eigenvalue weighted by Crippen LogP contribution is -2.11. The molecule has 0 spiro atoms. The third-order valence-corrected chi connectivity index (χ3v) is 11.2. The molecular weight excluding hydrogens is 641 g/mol. The summed E-state index contributed by atoms with van der Waals surface area (Å²) in [6, 6.07) is 51.6. The summed E-state index contributed by atoms with van der Waals surface area (Å²) in [5, 5.41) is 5.08. The second-order valence-corrected chi connectivity index (χ2v) is 14.4. The van der Waals surface area contributed by atoms with E-state index >= 15 is 0 Å². The van der Waals surface area contributed by atoms with Crippen molar-refractivity contribution < 1.29 is 0 Å². The van der Waals surface area contributed by atoms with Crippen LogP contribution in [0.2, 0.25) is 0 Å². The molecule has 0 radical (unpaired) electrons. The summed E-state index contributed by atoms with van der Waals surface area (Å²) < 4.78 is 5.06. The highest BCUT2D eigenvalue weighted by atomic mass is 32.1. The van der Waals surface area contributed by atoms with Crippen LogP contribution in [0.15, 0.2) is 158 Å². The molecule has 0 fully saturated rings. The van der Waals surface area contributed by atoms with E-state index in [9.17, 15) is 0 Å². The Bertz CT molecular complexity index is 2790. The van der Waals surface area contributed by atoms with Gasteiger partial charge < -0.3 is 4.57 Å². The topological polar surface area (TPSA) is 43.6 Å². The second-order valence-electron chi connectivity index (χ2n) is 13.3. The SMILES string of the molecule is CC1C=CC(n2c3ccccc3c3cc(-c4cccc5c4sc4ccccc45)ccc32)=C(c2nc(-c3ccccc3)nc(-c3ccccc3)n2)C1. The van der Waals surface area contributed by atoms with E-state index in [1.807, 2.05) is 47.7 Å². The van der Waals surface area contributed by atoms with Crippen LogP contribution in [-0.2, 0) is 0 Å². The van der Waals surface area contributed by atoms with Crippen LogP contribution in [0, 0.1) is 5.92 Å². The molecule has 0 N–H and O–H groups in total. The summed E-state index contributed by atoms with van der Waals surface area (Å²) in [4.78, 5) is 15.3. The molecule has 1 aliphatic rings. The van der Waals surface area contributed by atoms with Gasteiger partial charge in [-0.1, -0.05) is 134 Å². The molecule has 4 nitrogen and oxygen atoms in total. The number of hydrogen-bond donors (Lipinski definition) is 0. The van der Waals surface area contributed by atoms with Gasteiger partial charge in [0.25, 0.3) is 0 Å². The molecule has 0 aliphatic heterocycles. The molecule has 3 heterocycles. The van der Waals surface area contributed by atoms with E-state index in [2.05, 4.69) is 133 Å². The van der Waals surface area contributed by atoms with E-state index in [0.717, 1.165) is 39.9 Å². The first kappa shape index (κ1) is 29.7. The zero-order chi connectivity index (χ0) is 33.9. The number of hydrogen-bond acceptors (Lipinski definition) is 4. The van der Waals surface area contributed by atoms with Gasteiger partial charge in [-0.3, -0.25) is 0 Å². The van der Waals surface area contributed by atoms with Crippen molar-refractivity contribution >= 4 is 64.6 Å². The fourth-order valence-electron chi connectivity index (χ4n) is 7.58. The van der Waals surface area contributed by atoms with Crippen LogP contribution < -0.4 is 0 Å². The predicted molar refractivity (Wildman–Crippen MR) is 214 cm³/mol. The van der Waals surface area contributed by atoms with Crippen molar-refractivity contribution in [3.63, 3.8) is 0 Å². The highest BCUT2D eigenvalue weighted by Crippen LogP contribution is 2.43. The van der Waals surface area contributed by atoms with E-state index in [1.54, 1.807) is 0 Å². The number of para-hydroxylation sites is 1. The van der Waals surface area contributed by atoms with Gasteiger partial charge in [0.05, 0.1) is 16.7 Å². The third kappa shape index (κ3) is 5.00. The van der Waals surface area contributed by atoms with Crippen molar-refractivity contribution in [2.45, 2.75) is 13.3 Å². The van der Waals surface area contributed by atoms with Gasteiger partial charge in [0, 0.05) is 47.6 Å². The summed E-state index contributed by atoms with van der Waals surface area (Å²) in [7, 11) is 0. The van der Waals surface area contributed by atoms with E-state index in [4.69, 9.17) is 15.0 Å². The van der Waals surface area contributed by atoms with Crippen LogP contribution in [0.3, 0.4) is 0 Å². The highest BCUT2D eigenvalue weighted by molar-refractivity contribution is 7.26. The van der Waals surface area contributed by atoms with E-state index in [-0.39, 0.29) is 0 Å². The first-order chi connectivity index (χ1) is 25.2. The van der Waals surface area contributed by atoms with E-state index in [1.165, 1.54) is 42.1 Å². The number of fused-ring (bicyclic) bond motifs is 6. The quantitative estimate of drug-likeness (QED) is 0.183. The van der Waals surface area contributed by atoms with Crippen LogP contribution in [0.25, 0.3) is 87.2 Å². The zero-order valence-electron chi connectivity index (χ0n) is 28.0. The Morgan fingerprint density at radius 2 is 1.18 bits per heavy atom. The maximum absolute atomic E-state index is 5.18. The minimum absolute atomic E-state index is 0.336. The molecule has 0 amide bonds. The van der Waals surface area contributed by atoms with E-state index in [0.29, 0.717) is 23.4 Å². The lowest BCUT2D eigenvalue weighted by atomic mass is 9.92. The van der Waals surface area contributed by atoms with Crippen molar-refractivity contribution in [2.24, 2.45) is 5.92 Å². The molecule has 242 valence electrons. The van der Waals surface area contributed by atoms with Crippen molar-refractivity contribution in [3.05, 3.63) is 164 Å². The van der Waals surface area contributed by atoms with Crippen LogP contribution >= 0.6 is 11.3 Å². The molecule has 3 aromatic heterocycles. The minimum Gasteiger partial charge on any atom is -0.309 e. The molecule has 0 saturated carbocycles. The number of rotatable bonds is 5. The molecule has 1 atom stereocenters. The van der Waals surface area contributed by atoms with Crippen molar-refractivity contribution in [2.75, 3.05) is 0 Å². The molecular formula is C46H32N4S. The van der Waals surface area contributed by atoms with Gasteiger partial charge in [0.15, 0.2) is 17.5 Å². The average molecular weight is 673 g/mol. The Morgan fingerprint density at radius 1 is 0.549 bits per heavy atom. The second kappa shape index (κ2) is 12.0. The molecule has 9 aromatic rings. The Labute approximate surface area is 299 Å². The first-order valence-electron chi connectivity index (χ1n) is 17.4. The maximum atomic E-state index is 5.18. The zero-order valence-corrected chi connectivity index (χ0v) is 28.8. The molecule has 6 aromatic carbocycles. The molecule has 0 bridgehead atoms. The Kier molecular flexibility index (Phi) is 7.00. The monoisotopic (exact) mass is 672 g/mol. The van der Waals surface area contributed by atoms with Crippen molar-refractivity contribution in [1.29, 1.82) is 0 Å². The number of nitrogens with zero attached hydrogens (tertiary/aromatic N) is 4. The fourth-order valence-corrected chi connectivity index (χ4v) is 8.82. The Hall–Kier alpha value is -6.17. The number of aromatic nitrogens is 4. The van der Waals surface area contributed by atoms with Gasteiger partial charge in [0.2, 0.25) is 0 Å². The summed E-state index contributed by atoms with van der Waals surface area (Å²) >= 11 is 1.88. The fraction of sp³-hybridized carbons (Fsp3) is 0.0652. The molecule has 1 aliphatic carbocycles. The van der Waals surface area contributed by atoms with E-state index < -0.39 is 0 Å². The Morgan fingerprint density at radius 3 is 1.94 bits per heavy atom. The third-order valence-electron chi connectivity index (χ3n) is 10.0. The standard InChI is InChI=1S/C46H32N4S/c1-29-23-25-41(38(27-29)46-48-44(30-13-4-2-5-14-30)47-45(49-46)31-15-6-3-7-16-31)50-39-21-10-8-17-34(39)37-28-32(24-26-40(37)50)33-19-12-20-36-35-18-9-11-22-42(35)51-43(33)36/h2-26,28-29H,27H2,1H3. The minimum atomic E-state index is 0.336. The molecule has 5 heteroatoms. The summed E-state index contributed by atoms with van der Waals surface area (Å²) in [6.45, 7) is 2.26. The van der Waals surface area contributed by atoms with Crippen LogP contribution in [-0.4, -0.2) is 19.5 Å². The summed E-state index contributed by atoms with van der Waals surface area (Å²) in [5.74, 6) is 2.40. The van der Waals surface area contributed by atoms with Gasteiger partial charge in [0.1, 0.15) is 0 Å². The largest absolute Gasteiger partial charge is 0.309 e. The van der Waals surface area contributed by atoms with Crippen molar-refractivity contribution in [3.8, 4) is 33.9 Å². The maximum Gasteiger partial charge on any atom is 0.164 e. The van der Waals surface area contributed by atoms with Gasteiger partial charge in [-0.25, -0.2) is 15.0 Å². The average Bonchev–Trinajstić information content (AvgIpc) is 3.74. The van der Waals surface area contributed by atoms with Crippen molar-refractivity contribution in [1.82, 2.24) is 19.5 Å². The van der Waals surface area contributed by atoms with Crippen LogP contribution in [0.1, 0.15) is 19.2 Å².